The van der Waals surface area contributed by atoms with E-state index in [1.807, 2.05) is 18.2 Å². The van der Waals surface area contributed by atoms with Gasteiger partial charge < -0.3 is 14.8 Å². The number of rotatable bonds is 12. The van der Waals surface area contributed by atoms with E-state index in [-0.39, 0.29) is 5.92 Å². The molecule has 0 aliphatic carbocycles. The summed E-state index contributed by atoms with van der Waals surface area (Å²) in [5.41, 5.74) is 1.71. The Morgan fingerprint density at radius 3 is 2.43 bits per heavy atom. The molecule has 1 fully saturated rings. The Balaban J connectivity index is 1.46. The lowest BCUT2D eigenvalue weighted by Gasteiger charge is -2.33. The van der Waals surface area contributed by atoms with Crippen molar-refractivity contribution in [3.63, 3.8) is 0 Å². The number of methoxy groups -OCH3 is 2. The van der Waals surface area contributed by atoms with E-state index in [0.29, 0.717) is 17.5 Å². The van der Waals surface area contributed by atoms with Gasteiger partial charge in [0.1, 0.15) is 0 Å². The van der Waals surface area contributed by atoms with E-state index in [1.54, 1.807) is 14.2 Å². The third-order valence-corrected chi connectivity index (χ3v) is 7.33. The first-order valence-corrected chi connectivity index (χ1v) is 12.8. The molecule has 1 heterocycles. The lowest BCUT2D eigenvalue weighted by atomic mass is 9.69. The summed E-state index contributed by atoms with van der Waals surface area (Å²) in [6, 6.07) is 19.6. The van der Waals surface area contributed by atoms with Gasteiger partial charge in [0.15, 0.2) is 11.5 Å². The summed E-state index contributed by atoms with van der Waals surface area (Å²) in [7, 11) is 3.27. The molecule has 0 bridgehead atoms. The van der Waals surface area contributed by atoms with Crippen molar-refractivity contribution in [2.75, 3.05) is 40.4 Å². The predicted octanol–water partition coefficient (Wildman–Crippen LogP) is 5.67. The summed E-state index contributed by atoms with van der Waals surface area (Å²) in [6.45, 7) is 8.45. The second-order valence-corrected chi connectivity index (χ2v) is 9.75. The van der Waals surface area contributed by atoms with Crippen LogP contribution in [0.25, 0.3) is 6.08 Å². The molecule has 0 aromatic heterocycles. The molecule has 1 N–H and O–H groups in total. The van der Waals surface area contributed by atoms with Gasteiger partial charge in [-0.25, -0.2) is 0 Å². The van der Waals surface area contributed by atoms with E-state index in [2.05, 4.69) is 72.6 Å². The Kier molecular flexibility index (Phi) is 10.2. The molecule has 5 heteroatoms. The van der Waals surface area contributed by atoms with E-state index < -0.39 is 5.41 Å². The molecule has 0 saturated carbocycles. The molecule has 1 saturated heterocycles. The molecule has 2 aromatic carbocycles. The highest BCUT2D eigenvalue weighted by molar-refractivity contribution is 5.49. The number of likely N-dealkylation sites (tertiary alicyclic amines) is 1. The van der Waals surface area contributed by atoms with Gasteiger partial charge in [0, 0.05) is 12.6 Å². The third kappa shape index (κ3) is 7.10. The fraction of sp³-hybridized carbons (Fsp3) is 0.500. The Bertz CT molecular complexity index is 975. The average molecular weight is 476 g/mol. The molecule has 0 radical (unpaired) electrons. The first kappa shape index (κ1) is 26.8. The average Bonchev–Trinajstić information content (AvgIpc) is 2.90. The van der Waals surface area contributed by atoms with E-state index in [0.717, 1.165) is 44.6 Å². The van der Waals surface area contributed by atoms with Gasteiger partial charge in [-0.05, 0) is 74.5 Å². The highest BCUT2D eigenvalue weighted by atomic mass is 16.5. The van der Waals surface area contributed by atoms with Gasteiger partial charge >= 0.3 is 0 Å². The van der Waals surface area contributed by atoms with Crippen LogP contribution in [0.1, 0.15) is 50.7 Å². The van der Waals surface area contributed by atoms with Gasteiger partial charge in [0.05, 0.1) is 25.7 Å². The topological polar surface area (TPSA) is 57.5 Å². The fourth-order valence-corrected chi connectivity index (χ4v) is 5.02. The van der Waals surface area contributed by atoms with Crippen LogP contribution in [0.2, 0.25) is 0 Å². The summed E-state index contributed by atoms with van der Waals surface area (Å²) < 4.78 is 10.9. The fourth-order valence-electron chi connectivity index (χ4n) is 5.02. The molecular formula is C30H41N3O2. The highest BCUT2D eigenvalue weighted by Crippen LogP contribution is 2.40. The molecule has 1 atom stereocenters. The van der Waals surface area contributed by atoms with Gasteiger partial charge in [0.2, 0.25) is 0 Å². The van der Waals surface area contributed by atoms with Crippen LogP contribution in [0.3, 0.4) is 0 Å². The molecule has 1 unspecified atom stereocenters. The summed E-state index contributed by atoms with van der Waals surface area (Å²) in [5, 5.41) is 14.0. The van der Waals surface area contributed by atoms with Crippen molar-refractivity contribution in [3.05, 3.63) is 65.7 Å². The van der Waals surface area contributed by atoms with E-state index >= 15 is 0 Å². The van der Waals surface area contributed by atoms with Crippen LogP contribution in [0, 0.1) is 17.2 Å². The third-order valence-electron chi connectivity index (χ3n) is 7.33. The molecule has 1 aliphatic heterocycles. The van der Waals surface area contributed by atoms with Gasteiger partial charge in [-0.1, -0.05) is 62.4 Å². The van der Waals surface area contributed by atoms with Crippen LogP contribution < -0.4 is 14.8 Å². The zero-order valence-electron chi connectivity index (χ0n) is 21.8. The van der Waals surface area contributed by atoms with Gasteiger partial charge in [0.25, 0.3) is 0 Å². The molecule has 3 rings (SSSR count). The molecule has 5 nitrogen and oxygen atoms in total. The summed E-state index contributed by atoms with van der Waals surface area (Å²) in [6.07, 6.45) is 8.58. The molecule has 0 amide bonds. The van der Waals surface area contributed by atoms with E-state index in [1.165, 1.54) is 18.4 Å². The number of piperidine rings is 1. The highest BCUT2D eigenvalue weighted by Gasteiger charge is 2.36. The van der Waals surface area contributed by atoms with Crippen LogP contribution in [-0.4, -0.2) is 51.3 Å². The zero-order valence-corrected chi connectivity index (χ0v) is 21.8. The van der Waals surface area contributed by atoms with Crippen LogP contribution in [0.5, 0.6) is 11.5 Å². The van der Waals surface area contributed by atoms with Crippen LogP contribution in [-0.2, 0) is 5.41 Å². The molecule has 35 heavy (non-hydrogen) atoms. The molecule has 1 aliphatic rings. The Morgan fingerprint density at radius 1 is 1.09 bits per heavy atom. The Hall–Kier alpha value is -2.81. The van der Waals surface area contributed by atoms with Crippen molar-refractivity contribution in [1.82, 2.24) is 10.2 Å². The Labute approximate surface area is 211 Å². The van der Waals surface area contributed by atoms with Gasteiger partial charge in [-0.15, -0.1) is 0 Å². The molecule has 188 valence electrons. The SMILES string of the molecule is COc1ccc(C(C#N)(CCCNC2CCN(C/C=C/c3ccccc3)CC2)C(C)C)cc1OC. The standard InChI is InChI=1S/C30H41N3O2/c1-24(2)30(23-31,26-13-14-28(34-3)29(22-26)35-4)17-9-18-32-27-15-20-33(21-16-27)19-8-12-25-10-6-5-7-11-25/h5-8,10-14,22,24,27,32H,9,15-21H2,1-4H3/b12-8+. The minimum absolute atomic E-state index is 0.192. The number of benzene rings is 2. The molecule has 2 aromatic rings. The van der Waals surface area contributed by atoms with Crippen molar-refractivity contribution in [1.29, 1.82) is 5.26 Å². The zero-order chi connectivity index (χ0) is 25.1. The van der Waals surface area contributed by atoms with Crippen LogP contribution in [0.15, 0.2) is 54.6 Å². The smallest absolute Gasteiger partial charge is 0.161 e. The molecular weight excluding hydrogens is 434 g/mol. The predicted molar refractivity (Wildman–Crippen MR) is 144 cm³/mol. The first-order valence-electron chi connectivity index (χ1n) is 12.8. The van der Waals surface area contributed by atoms with E-state index in [4.69, 9.17) is 9.47 Å². The first-order chi connectivity index (χ1) is 17.0. The van der Waals surface area contributed by atoms with Crippen molar-refractivity contribution in [2.24, 2.45) is 5.92 Å². The minimum atomic E-state index is -0.546. The number of ether oxygens (including phenoxy) is 2. The van der Waals surface area contributed by atoms with Crippen LogP contribution in [0.4, 0.5) is 0 Å². The largest absolute Gasteiger partial charge is 0.493 e. The Morgan fingerprint density at radius 2 is 1.80 bits per heavy atom. The number of nitriles is 1. The minimum Gasteiger partial charge on any atom is -0.493 e. The summed E-state index contributed by atoms with van der Waals surface area (Å²) in [4.78, 5) is 2.52. The lowest BCUT2D eigenvalue weighted by molar-refractivity contribution is 0.214. The molecule has 0 spiro atoms. The number of hydrogen-bond acceptors (Lipinski definition) is 5. The maximum Gasteiger partial charge on any atom is 0.161 e. The van der Waals surface area contributed by atoms with Gasteiger partial charge in [-0.3, -0.25) is 4.90 Å². The van der Waals surface area contributed by atoms with Gasteiger partial charge in [-0.2, -0.15) is 5.26 Å². The summed E-state index contributed by atoms with van der Waals surface area (Å²) >= 11 is 0. The van der Waals surface area contributed by atoms with E-state index in [9.17, 15) is 5.26 Å². The van der Waals surface area contributed by atoms with Crippen molar-refractivity contribution in [3.8, 4) is 17.6 Å². The maximum atomic E-state index is 10.3. The second kappa shape index (κ2) is 13.3. The normalized spacial score (nSPS) is 16.8. The quantitative estimate of drug-likeness (QED) is 0.401. The summed E-state index contributed by atoms with van der Waals surface area (Å²) in [5.74, 6) is 1.56. The van der Waals surface area contributed by atoms with Crippen molar-refractivity contribution >= 4 is 6.08 Å². The van der Waals surface area contributed by atoms with Crippen molar-refractivity contribution in [2.45, 2.75) is 51.0 Å². The number of nitrogens with zero attached hydrogens (tertiary/aromatic N) is 2. The van der Waals surface area contributed by atoms with Crippen LogP contribution >= 0.6 is 0 Å². The lowest BCUT2D eigenvalue weighted by Crippen LogP contribution is -2.43. The monoisotopic (exact) mass is 475 g/mol. The number of hydrogen-bond donors (Lipinski definition) is 1. The maximum absolute atomic E-state index is 10.3. The number of nitrogens with one attached hydrogen (secondary N) is 1. The second-order valence-electron chi connectivity index (χ2n) is 9.75. The van der Waals surface area contributed by atoms with Crippen molar-refractivity contribution < 1.29 is 9.47 Å².